The molecule has 2 aromatic carbocycles. The lowest BCUT2D eigenvalue weighted by atomic mass is 10.0. The van der Waals surface area contributed by atoms with Crippen LogP contribution in [-0.2, 0) is 11.2 Å². The number of hydrogen-bond donors (Lipinski definition) is 1. The normalized spacial score (nSPS) is 16.0. The molecule has 6 heteroatoms. The first-order valence-electron chi connectivity index (χ1n) is 11.4. The van der Waals surface area contributed by atoms with Gasteiger partial charge in [-0.3, -0.25) is 19.6 Å². The minimum Gasteiger partial charge on any atom is -0.338 e. The number of carbonyl (C=O) groups is 2. The van der Waals surface area contributed by atoms with Crippen LogP contribution in [-0.4, -0.2) is 38.8 Å². The molecular weight excluding hydrogens is 412 g/mol. The molecule has 33 heavy (non-hydrogen) atoms. The Bertz CT molecular complexity index is 1140. The molecule has 170 valence electrons. The average Bonchev–Trinajstić information content (AvgIpc) is 3.29. The summed E-state index contributed by atoms with van der Waals surface area (Å²) in [6, 6.07) is 17.2. The van der Waals surface area contributed by atoms with Crippen molar-refractivity contribution in [2.24, 2.45) is 0 Å². The number of rotatable bonds is 6. The lowest BCUT2D eigenvalue weighted by Gasteiger charge is -2.33. The highest BCUT2D eigenvalue weighted by Crippen LogP contribution is 2.32. The van der Waals surface area contributed by atoms with Gasteiger partial charge in [0.05, 0.1) is 23.6 Å². The topological polar surface area (TPSA) is 75.2 Å². The quantitative estimate of drug-likeness (QED) is 0.619. The van der Waals surface area contributed by atoms with Crippen LogP contribution in [0, 0.1) is 6.92 Å². The highest BCUT2D eigenvalue weighted by Gasteiger charge is 2.40. The average molecular weight is 443 g/mol. The molecule has 1 fully saturated rings. The van der Waals surface area contributed by atoms with E-state index < -0.39 is 5.54 Å². The van der Waals surface area contributed by atoms with E-state index in [4.69, 9.17) is 4.98 Å². The highest BCUT2D eigenvalue weighted by atomic mass is 16.2. The van der Waals surface area contributed by atoms with Crippen molar-refractivity contribution in [3.63, 3.8) is 0 Å². The van der Waals surface area contributed by atoms with Gasteiger partial charge in [0, 0.05) is 24.7 Å². The molecule has 1 aliphatic heterocycles. The number of hydrogen-bond acceptors (Lipinski definition) is 4. The summed E-state index contributed by atoms with van der Waals surface area (Å²) in [7, 11) is 0. The van der Waals surface area contributed by atoms with Gasteiger partial charge in [0.25, 0.3) is 5.91 Å². The van der Waals surface area contributed by atoms with Gasteiger partial charge >= 0.3 is 0 Å². The maximum Gasteiger partial charge on any atom is 0.252 e. The minimum atomic E-state index is -1.04. The van der Waals surface area contributed by atoms with E-state index in [9.17, 15) is 9.59 Å². The molecule has 1 saturated heterocycles. The second kappa shape index (κ2) is 9.53. The smallest absolute Gasteiger partial charge is 0.252 e. The molecule has 0 saturated carbocycles. The molecule has 4 rings (SSSR count). The number of benzene rings is 2. The van der Waals surface area contributed by atoms with Crippen LogP contribution >= 0.6 is 0 Å². The van der Waals surface area contributed by atoms with Crippen LogP contribution in [0.2, 0.25) is 0 Å². The Morgan fingerprint density at radius 2 is 1.88 bits per heavy atom. The zero-order valence-corrected chi connectivity index (χ0v) is 19.4. The lowest BCUT2D eigenvalue weighted by molar-refractivity contribution is -0.137. The fourth-order valence-electron chi connectivity index (χ4n) is 4.38. The third kappa shape index (κ3) is 5.28. The Labute approximate surface area is 195 Å². The van der Waals surface area contributed by atoms with Gasteiger partial charge in [-0.2, -0.15) is 0 Å². The number of nitrogens with zero attached hydrogens (tertiary/aromatic N) is 3. The van der Waals surface area contributed by atoms with E-state index in [1.165, 1.54) is 11.1 Å². The molecule has 2 heterocycles. The summed E-state index contributed by atoms with van der Waals surface area (Å²) < 4.78 is 0. The first-order valence-corrected chi connectivity index (χ1v) is 11.4. The number of nitrogens with one attached hydrogen (secondary N) is 1. The van der Waals surface area contributed by atoms with E-state index in [2.05, 4.69) is 35.4 Å². The summed E-state index contributed by atoms with van der Waals surface area (Å²) in [5, 5.41) is 2.90. The molecular formula is C27H30N4O2. The molecule has 1 aliphatic rings. The van der Waals surface area contributed by atoms with Gasteiger partial charge in [0.1, 0.15) is 5.54 Å². The highest BCUT2D eigenvalue weighted by molar-refractivity contribution is 5.99. The van der Waals surface area contributed by atoms with Gasteiger partial charge in [-0.05, 0) is 51.3 Å². The van der Waals surface area contributed by atoms with Crippen LogP contribution in [0.15, 0.2) is 67.0 Å². The second-order valence-electron chi connectivity index (χ2n) is 9.20. The largest absolute Gasteiger partial charge is 0.338 e. The Kier molecular flexibility index (Phi) is 6.54. The van der Waals surface area contributed by atoms with Crippen LogP contribution < -0.4 is 5.32 Å². The van der Waals surface area contributed by atoms with Gasteiger partial charge in [-0.15, -0.1) is 0 Å². The van der Waals surface area contributed by atoms with Crippen molar-refractivity contribution in [1.82, 2.24) is 20.2 Å². The van der Waals surface area contributed by atoms with Crippen molar-refractivity contribution < 1.29 is 9.59 Å². The Balaban J connectivity index is 1.50. The maximum absolute atomic E-state index is 13.5. The van der Waals surface area contributed by atoms with E-state index in [0.717, 1.165) is 24.2 Å². The van der Waals surface area contributed by atoms with Crippen LogP contribution in [0.1, 0.15) is 65.6 Å². The SMILES string of the molecule is Cc1cccc(Cc2cncc([C@@H]3CCCN3C(=O)C(C)(C)NC(=O)c3ccccc3)n2)c1. The molecule has 6 nitrogen and oxygen atoms in total. The third-order valence-corrected chi connectivity index (χ3v) is 6.02. The molecule has 2 amide bonds. The first kappa shape index (κ1) is 22.6. The molecule has 0 radical (unpaired) electrons. The Morgan fingerprint density at radius 1 is 1.09 bits per heavy atom. The Hall–Kier alpha value is -3.54. The van der Waals surface area contributed by atoms with Gasteiger partial charge in [0.2, 0.25) is 5.91 Å². The number of likely N-dealkylation sites (tertiary alicyclic amines) is 1. The predicted octanol–water partition coefficient (Wildman–Crippen LogP) is 4.25. The molecule has 0 aliphatic carbocycles. The molecule has 0 spiro atoms. The van der Waals surface area contributed by atoms with Crippen molar-refractivity contribution in [3.05, 3.63) is 95.1 Å². The number of aryl methyl sites for hydroxylation is 1. The predicted molar refractivity (Wildman–Crippen MR) is 128 cm³/mol. The van der Waals surface area contributed by atoms with Crippen molar-refractivity contribution in [2.75, 3.05) is 6.54 Å². The van der Waals surface area contributed by atoms with E-state index in [0.29, 0.717) is 18.5 Å². The van der Waals surface area contributed by atoms with Crippen molar-refractivity contribution in [2.45, 2.75) is 51.6 Å². The van der Waals surface area contributed by atoms with Crippen LogP contribution in [0.5, 0.6) is 0 Å². The van der Waals surface area contributed by atoms with Gasteiger partial charge < -0.3 is 10.2 Å². The molecule has 0 bridgehead atoms. The number of carbonyl (C=O) groups excluding carboxylic acids is 2. The second-order valence-corrected chi connectivity index (χ2v) is 9.20. The molecule has 3 aromatic rings. The van der Waals surface area contributed by atoms with Gasteiger partial charge in [-0.25, -0.2) is 0 Å². The summed E-state index contributed by atoms with van der Waals surface area (Å²) >= 11 is 0. The van der Waals surface area contributed by atoms with E-state index in [1.807, 2.05) is 29.2 Å². The maximum atomic E-state index is 13.5. The van der Waals surface area contributed by atoms with Crippen molar-refractivity contribution in [1.29, 1.82) is 0 Å². The van der Waals surface area contributed by atoms with Crippen molar-refractivity contribution in [3.8, 4) is 0 Å². The van der Waals surface area contributed by atoms with Crippen LogP contribution in [0.3, 0.4) is 0 Å². The molecule has 1 atom stereocenters. The molecule has 1 aromatic heterocycles. The van der Waals surface area contributed by atoms with Crippen LogP contribution in [0.25, 0.3) is 0 Å². The zero-order valence-electron chi connectivity index (χ0n) is 19.4. The summed E-state index contributed by atoms with van der Waals surface area (Å²) in [6.07, 6.45) is 5.96. The minimum absolute atomic E-state index is 0.111. The van der Waals surface area contributed by atoms with E-state index in [1.54, 1.807) is 38.4 Å². The summed E-state index contributed by atoms with van der Waals surface area (Å²) in [6.45, 7) is 6.22. The first-order chi connectivity index (χ1) is 15.8. The molecule has 0 unspecified atom stereocenters. The van der Waals surface area contributed by atoms with E-state index in [-0.39, 0.29) is 17.9 Å². The lowest BCUT2D eigenvalue weighted by Crippen LogP contribution is -2.55. The van der Waals surface area contributed by atoms with Crippen molar-refractivity contribution >= 4 is 11.8 Å². The third-order valence-electron chi connectivity index (χ3n) is 6.02. The molecule has 1 N–H and O–H groups in total. The number of amides is 2. The summed E-state index contributed by atoms with van der Waals surface area (Å²) in [5.41, 5.74) is 3.58. The summed E-state index contributed by atoms with van der Waals surface area (Å²) in [4.78, 5) is 37.3. The zero-order chi connectivity index (χ0) is 23.4. The summed E-state index contributed by atoms with van der Waals surface area (Å²) in [5.74, 6) is -0.371. The fourth-order valence-corrected chi connectivity index (χ4v) is 4.38. The van der Waals surface area contributed by atoms with Crippen LogP contribution in [0.4, 0.5) is 0 Å². The Morgan fingerprint density at radius 3 is 2.64 bits per heavy atom. The van der Waals surface area contributed by atoms with Gasteiger partial charge in [-0.1, -0.05) is 48.0 Å². The standard InChI is InChI=1S/C27H30N4O2/c1-19-9-7-10-20(15-19)16-22-17-28-18-23(29-22)24-13-8-14-31(24)26(33)27(2,3)30-25(32)21-11-5-4-6-12-21/h4-7,9-12,15,17-18,24H,8,13-14,16H2,1-3H3,(H,30,32)/t24-/m0/s1. The van der Waals surface area contributed by atoms with Gasteiger partial charge in [0.15, 0.2) is 0 Å². The number of aromatic nitrogens is 2. The van der Waals surface area contributed by atoms with E-state index >= 15 is 0 Å². The fraction of sp³-hybridized carbons (Fsp3) is 0.333. The monoisotopic (exact) mass is 442 g/mol.